The average Bonchev–Trinajstić information content (AvgIpc) is 3.48. The molecule has 1 aliphatic carbocycles. The standard InChI is InChI=1S/C19H27BrN2O5S/c1-12-9-22(13(2)11-23)28(25,26)18-7-6-15(20)8-16(18)27-17(12)10-21(3)19(24)14-4-5-14/h6-8,12-14,17,23H,4-5,9-11H2,1-3H3/t12-,13+,17+/m1/s1. The van der Waals surface area contributed by atoms with E-state index in [1.54, 1.807) is 31.0 Å². The molecular weight excluding hydrogens is 448 g/mol. The summed E-state index contributed by atoms with van der Waals surface area (Å²) < 4.78 is 34.6. The first kappa shape index (κ1) is 21.5. The van der Waals surface area contributed by atoms with Crippen LogP contribution in [-0.4, -0.2) is 67.5 Å². The second-order valence-electron chi connectivity index (χ2n) is 7.82. The van der Waals surface area contributed by atoms with Gasteiger partial charge in [-0.15, -0.1) is 0 Å². The second-order valence-corrected chi connectivity index (χ2v) is 10.6. The van der Waals surface area contributed by atoms with Gasteiger partial charge in [0, 0.05) is 35.9 Å². The molecule has 0 unspecified atom stereocenters. The highest BCUT2D eigenvalue weighted by Crippen LogP contribution is 2.36. The van der Waals surface area contributed by atoms with Gasteiger partial charge in [-0.3, -0.25) is 4.79 Å². The summed E-state index contributed by atoms with van der Waals surface area (Å²) in [6.45, 7) is 3.90. The Morgan fingerprint density at radius 3 is 2.71 bits per heavy atom. The Hall–Kier alpha value is -1.16. The van der Waals surface area contributed by atoms with Crippen molar-refractivity contribution < 1.29 is 23.1 Å². The van der Waals surface area contributed by atoms with Crippen molar-refractivity contribution in [1.82, 2.24) is 9.21 Å². The van der Waals surface area contributed by atoms with E-state index in [9.17, 15) is 18.3 Å². The minimum Gasteiger partial charge on any atom is -0.487 e. The van der Waals surface area contributed by atoms with Crippen LogP contribution < -0.4 is 4.74 Å². The van der Waals surface area contributed by atoms with E-state index < -0.39 is 16.1 Å². The molecule has 9 heteroatoms. The number of sulfonamides is 1. The van der Waals surface area contributed by atoms with Gasteiger partial charge in [0.2, 0.25) is 15.9 Å². The molecule has 0 saturated heterocycles. The summed E-state index contributed by atoms with van der Waals surface area (Å²) in [5.41, 5.74) is 0. The minimum absolute atomic E-state index is 0.0732. The van der Waals surface area contributed by atoms with Crippen LogP contribution in [0.5, 0.6) is 5.75 Å². The number of fused-ring (bicyclic) bond motifs is 1. The summed E-state index contributed by atoms with van der Waals surface area (Å²) in [4.78, 5) is 14.1. The average molecular weight is 475 g/mol. The maximum atomic E-state index is 13.2. The molecule has 1 N–H and O–H groups in total. The zero-order chi connectivity index (χ0) is 20.6. The lowest BCUT2D eigenvalue weighted by Gasteiger charge is -2.37. The summed E-state index contributed by atoms with van der Waals surface area (Å²) in [6, 6.07) is 4.25. The summed E-state index contributed by atoms with van der Waals surface area (Å²) in [5, 5.41) is 9.61. The molecule has 0 bridgehead atoms. The SMILES string of the molecule is C[C@@H]1CN([C@@H](C)CO)S(=O)(=O)c2ccc(Br)cc2O[C@H]1CN(C)C(=O)C1CC1. The molecule has 1 heterocycles. The van der Waals surface area contributed by atoms with E-state index in [1.807, 2.05) is 6.92 Å². The monoisotopic (exact) mass is 474 g/mol. The Morgan fingerprint density at radius 2 is 2.11 bits per heavy atom. The zero-order valence-corrected chi connectivity index (χ0v) is 18.7. The number of carbonyl (C=O) groups is 1. The molecule has 156 valence electrons. The first-order valence-corrected chi connectivity index (χ1v) is 11.7. The molecule has 0 spiro atoms. The molecule has 1 aliphatic heterocycles. The number of benzene rings is 1. The molecule has 1 fully saturated rings. The number of carbonyl (C=O) groups excluding carboxylic acids is 1. The van der Waals surface area contributed by atoms with Crippen molar-refractivity contribution in [3.8, 4) is 5.75 Å². The van der Waals surface area contributed by atoms with E-state index >= 15 is 0 Å². The lowest BCUT2D eigenvalue weighted by Crippen LogP contribution is -2.50. The van der Waals surface area contributed by atoms with Gasteiger partial charge in [0.1, 0.15) is 16.7 Å². The first-order chi connectivity index (χ1) is 13.1. The Balaban J connectivity index is 1.97. The Morgan fingerprint density at radius 1 is 1.43 bits per heavy atom. The predicted octanol–water partition coefficient (Wildman–Crippen LogP) is 2.09. The van der Waals surface area contributed by atoms with Crippen molar-refractivity contribution in [1.29, 1.82) is 0 Å². The molecular formula is C19H27BrN2O5S. The number of halogens is 1. The largest absolute Gasteiger partial charge is 0.487 e. The van der Waals surface area contributed by atoms with Crippen molar-refractivity contribution >= 4 is 31.9 Å². The molecule has 1 saturated carbocycles. The van der Waals surface area contributed by atoms with Crippen LogP contribution in [0.4, 0.5) is 0 Å². The highest BCUT2D eigenvalue weighted by molar-refractivity contribution is 9.10. The molecule has 0 aromatic heterocycles. The number of amides is 1. The van der Waals surface area contributed by atoms with Crippen LogP contribution in [-0.2, 0) is 14.8 Å². The van der Waals surface area contributed by atoms with Gasteiger partial charge in [0.05, 0.1) is 13.2 Å². The third-order valence-corrected chi connectivity index (χ3v) is 7.90. The van der Waals surface area contributed by atoms with Crippen molar-refractivity contribution in [2.24, 2.45) is 11.8 Å². The summed E-state index contributed by atoms with van der Waals surface area (Å²) in [7, 11) is -2.06. The van der Waals surface area contributed by atoms with E-state index in [-0.39, 0.29) is 47.6 Å². The van der Waals surface area contributed by atoms with Crippen LogP contribution in [0.3, 0.4) is 0 Å². The second kappa shape index (κ2) is 8.30. The number of aliphatic hydroxyl groups excluding tert-OH is 1. The van der Waals surface area contributed by atoms with Gasteiger partial charge in [0.15, 0.2) is 0 Å². The van der Waals surface area contributed by atoms with Gasteiger partial charge in [0.25, 0.3) is 0 Å². The van der Waals surface area contributed by atoms with Crippen LogP contribution in [0.1, 0.15) is 26.7 Å². The number of rotatable bonds is 5. The molecule has 7 nitrogen and oxygen atoms in total. The maximum absolute atomic E-state index is 13.2. The number of likely N-dealkylation sites (N-methyl/N-ethyl adjacent to an activating group) is 1. The smallest absolute Gasteiger partial charge is 0.247 e. The van der Waals surface area contributed by atoms with Gasteiger partial charge in [-0.05, 0) is 38.0 Å². The number of aliphatic hydroxyl groups is 1. The van der Waals surface area contributed by atoms with E-state index in [0.29, 0.717) is 11.0 Å². The molecule has 28 heavy (non-hydrogen) atoms. The maximum Gasteiger partial charge on any atom is 0.247 e. The lowest BCUT2D eigenvalue weighted by molar-refractivity contribution is -0.132. The normalized spacial score (nSPS) is 25.8. The zero-order valence-electron chi connectivity index (χ0n) is 16.3. The molecule has 3 atom stereocenters. The molecule has 1 amide bonds. The Labute approximate surface area is 174 Å². The van der Waals surface area contributed by atoms with Crippen molar-refractivity contribution in [3.63, 3.8) is 0 Å². The van der Waals surface area contributed by atoms with Crippen LogP contribution in [0.25, 0.3) is 0 Å². The highest BCUT2D eigenvalue weighted by Gasteiger charge is 2.39. The van der Waals surface area contributed by atoms with Crippen LogP contribution in [0.2, 0.25) is 0 Å². The van der Waals surface area contributed by atoms with E-state index in [4.69, 9.17) is 4.74 Å². The molecule has 0 radical (unpaired) electrons. The van der Waals surface area contributed by atoms with Crippen LogP contribution >= 0.6 is 15.9 Å². The highest BCUT2D eigenvalue weighted by atomic mass is 79.9. The summed E-state index contributed by atoms with van der Waals surface area (Å²) in [5.74, 6) is 0.306. The fraction of sp³-hybridized carbons (Fsp3) is 0.632. The van der Waals surface area contributed by atoms with Gasteiger partial charge >= 0.3 is 0 Å². The molecule has 1 aromatic rings. The van der Waals surface area contributed by atoms with Gasteiger partial charge < -0.3 is 14.7 Å². The molecule has 2 aliphatic rings. The van der Waals surface area contributed by atoms with Crippen molar-refractivity contribution in [2.45, 2.75) is 43.7 Å². The van der Waals surface area contributed by atoms with E-state index in [2.05, 4.69) is 15.9 Å². The van der Waals surface area contributed by atoms with Crippen molar-refractivity contribution in [2.75, 3.05) is 26.7 Å². The van der Waals surface area contributed by atoms with Gasteiger partial charge in [-0.25, -0.2) is 8.42 Å². The first-order valence-electron chi connectivity index (χ1n) is 9.49. The van der Waals surface area contributed by atoms with E-state index in [0.717, 1.165) is 12.8 Å². The molecule has 3 rings (SSSR count). The van der Waals surface area contributed by atoms with Crippen molar-refractivity contribution in [3.05, 3.63) is 22.7 Å². The van der Waals surface area contributed by atoms with Crippen LogP contribution in [0, 0.1) is 11.8 Å². The van der Waals surface area contributed by atoms with Crippen LogP contribution in [0.15, 0.2) is 27.6 Å². The van der Waals surface area contributed by atoms with Gasteiger partial charge in [-0.1, -0.05) is 22.9 Å². The third-order valence-electron chi connectivity index (χ3n) is 5.39. The van der Waals surface area contributed by atoms with Gasteiger partial charge in [-0.2, -0.15) is 4.31 Å². The summed E-state index contributed by atoms with van der Waals surface area (Å²) >= 11 is 3.37. The minimum atomic E-state index is -3.83. The van der Waals surface area contributed by atoms with E-state index in [1.165, 1.54) is 10.4 Å². The fourth-order valence-corrected chi connectivity index (χ4v) is 5.59. The number of nitrogens with zero attached hydrogens (tertiary/aromatic N) is 2. The Kier molecular flexibility index (Phi) is 6.38. The summed E-state index contributed by atoms with van der Waals surface area (Å²) in [6.07, 6.45) is 1.49. The quantitative estimate of drug-likeness (QED) is 0.705. The predicted molar refractivity (Wildman–Crippen MR) is 109 cm³/mol. The lowest BCUT2D eigenvalue weighted by atomic mass is 10.0. The number of ether oxygens (including phenoxy) is 1. The molecule has 1 aromatic carbocycles. The number of hydrogen-bond donors (Lipinski definition) is 1. The fourth-order valence-electron chi connectivity index (χ4n) is 3.42. The Bertz CT molecular complexity index is 843. The third kappa shape index (κ3) is 4.37. The topological polar surface area (TPSA) is 87.2 Å². The number of hydrogen-bond acceptors (Lipinski definition) is 5.